The molecule has 1 aliphatic carbocycles. The van der Waals surface area contributed by atoms with Crippen LogP contribution in [0.3, 0.4) is 0 Å². The summed E-state index contributed by atoms with van der Waals surface area (Å²) >= 11 is 0. The summed E-state index contributed by atoms with van der Waals surface area (Å²) in [5.41, 5.74) is 7.41. The van der Waals surface area contributed by atoms with E-state index in [1.165, 1.54) is 6.42 Å². The molecule has 0 atom stereocenters. The van der Waals surface area contributed by atoms with Gasteiger partial charge in [0.1, 0.15) is 5.82 Å². The van der Waals surface area contributed by atoms with Gasteiger partial charge in [0, 0.05) is 24.4 Å². The summed E-state index contributed by atoms with van der Waals surface area (Å²) < 4.78 is 15.8. The topological polar surface area (TPSA) is 43.8 Å². The summed E-state index contributed by atoms with van der Waals surface area (Å²) in [6.45, 7) is 0.594. The van der Waals surface area contributed by atoms with Crippen LogP contribution in [0, 0.1) is 5.82 Å². The Morgan fingerprint density at radius 2 is 2.22 bits per heavy atom. The average Bonchev–Trinajstić information content (AvgIpc) is 2.82. The predicted octanol–water partition coefficient (Wildman–Crippen LogP) is 2.39. The van der Waals surface area contributed by atoms with Gasteiger partial charge in [0.2, 0.25) is 0 Å². The molecule has 0 amide bonds. The Morgan fingerprint density at radius 3 is 2.72 bits per heavy atom. The fraction of sp³-hybridized carbons (Fsp3) is 0.357. The fourth-order valence-corrected chi connectivity index (χ4v) is 2.66. The molecule has 2 N–H and O–H groups in total. The van der Waals surface area contributed by atoms with Crippen LogP contribution in [0.4, 0.5) is 4.39 Å². The number of nitrogens with zero attached hydrogens (tertiary/aromatic N) is 2. The quantitative estimate of drug-likeness (QED) is 0.902. The van der Waals surface area contributed by atoms with Crippen LogP contribution >= 0.6 is 0 Å². The van der Waals surface area contributed by atoms with Crippen molar-refractivity contribution in [1.82, 2.24) is 9.55 Å². The minimum atomic E-state index is -0.217. The predicted molar refractivity (Wildman–Crippen MR) is 68.1 cm³/mol. The summed E-state index contributed by atoms with van der Waals surface area (Å²) in [5.74, 6) is -0.217. The smallest absolute Gasteiger partial charge is 0.147 e. The number of imidazole rings is 1. The molecule has 1 saturated carbocycles. The van der Waals surface area contributed by atoms with Gasteiger partial charge in [-0.3, -0.25) is 0 Å². The zero-order valence-corrected chi connectivity index (χ0v) is 10.1. The molecule has 4 heteroatoms. The third-order valence-electron chi connectivity index (χ3n) is 4.04. The van der Waals surface area contributed by atoms with E-state index in [0.29, 0.717) is 12.2 Å². The van der Waals surface area contributed by atoms with Crippen LogP contribution in [0.1, 0.15) is 24.8 Å². The van der Waals surface area contributed by atoms with Crippen LogP contribution in [-0.4, -0.2) is 16.1 Å². The van der Waals surface area contributed by atoms with Gasteiger partial charge < -0.3 is 10.3 Å². The first-order chi connectivity index (χ1) is 8.75. The highest BCUT2D eigenvalue weighted by Crippen LogP contribution is 2.43. The molecule has 94 valence electrons. The number of hydrogen-bond acceptors (Lipinski definition) is 2. The van der Waals surface area contributed by atoms with Crippen LogP contribution in [0.25, 0.3) is 5.69 Å². The van der Waals surface area contributed by atoms with Crippen molar-refractivity contribution in [2.24, 2.45) is 5.73 Å². The molecular formula is C14H16FN3. The molecule has 0 bridgehead atoms. The Labute approximate surface area is 105 Å². The molecule has 2 aromatic rings. The van der Waals surface area contributed by atoms with Gasteiger partial charge in [0.15, 0.2) is 0 Å². The molecule has 0 radical (unpaired) electrons. The van der Waals surface area contributed by atoms with Crippen LogP contribution in [0.5, 0.6) is 0 Å². The number of hydrogen-bond donors (Lipinski definition) is 1. The lowest BCUT2D eigenvalue weighted by molar-refractivity contribution is 0.252. The highest BCUT2D eigenvalue weighted by molar-refractivity contribution is 5.40. The number of aromatic nitrogens is 2. The fourth-order valence-electron chi connectivity index (χ4n) is 2.66. The van der Waals surface area contributed by atoms with Crippen molar-refractivity contribution in [3.05, 3.63) is 48.3 Å². The van der Waals surface area contributed by atoms with Gasteiger partial charge in [-0.15, -0.1) is 0 Å². The molecule has 3 rings (SSSR count). The third-order valence-corrected chi connectivity index (χ3v) is 4.04. The van der Waals surface area contributed by atoms with Gasteiger partial charge in [0.25, 0.3) is 0 Å². The van der Waals surface area contributed by atoms with E-state index in [1.807, 2.05) is 12.1 Å². The number of halogens is 1. The summed E-state index contributed by atoms with van der Waals surface area (Å²) in [7, 11) is 0. The largest absolute Gasteiger partial charge is 0.330 e. The van der Waals surface area contributed by atoms with Crippen molar-refractivity contribution in [3.8, 4) is 5.69 Å². The third kappa shape index (κ3) is 1.64. The molecule has 0 spiro atoms. The van der Waals surface area contributed by atoms with E-state index in [0.717, 1.165) is 18.4 Å². The average molecular weight is 245 g/mol. The number of benzene rings is 1. The standard InChI is InChI=1S/C14H16FN3/c15-12-8-11(14(9-16)4-1-5-14)2-3-13(12)18-7-6-17-10-18/h2-3,6-8,10H,1,4-5,9,16H2. The molecule has 1 fully saturated rings. The highest BCUT2D eigenvalue weighted by atomic mass is 19.1. The summed E-state index contributed by atoms with van der Waals surface area (Å²) in [6.07, 6.45) is 8.28. The molecule has 3 nitrogen and oxygen atoms in total. The Balaban J connectivity index is 1.99. The van der Waals surface area contributed by atoms with Gasteiger partial charge in [-0.05, 0) is 30.5 Å². The molecule has 1 aliphatic rings. The molecule has 0 aliphatic heterocycles. The monoisotopic (exact) mass is 245 g/mol. The van der Waals surface area contributed by atoms with Crippen molar-refractivity contribution < 1.29 is 4.39 Å². The second-order valence-corrected chi connectivity index (χ2v) is 4.97. The van der Waals surface area contributed by atoms with Crippen LogP contribution < -0.4 is 5.73 Å². The van der Waals surface area contributed by atoms with Crippen molar-refractivity contribution in [2.45, 2.75) is 24.7 Å². The Hall–Kier alpha value is -1.68. The summed E-state index contributed by atoms with van der Waals surface area (Å²) in [6, 6.07) is 5.42. The van der Waals surface area contributed by atoms with Gasteiger partial charge in [0.05, 0.1) is 12.0 Å². The lowest BCUT2D eigenvalue weighted by atomic mass is 9.64. The van der Waals surface area contributed by atoms with E-state index in [9.17, 15) is 4.39 Å². The van der Waals surface area contributed by atoms with E-state index >= 15 is 0 Å². The first-order valence-electron chi connectivity index (χ1n) is 6.24. The highest BCUT2D eigenvalue weighted by Gasteiger charge is 2.37. The van der Waals surface area contributed by atoms with E-state index in [2.05, 4.69) is 4.98 Å². The zero-order valence-electron chi connectivity index (χ0n) is 10.1. The van der Waals surface area contributed by atoms with Crippen molar-refractivity contribution in [3.63, 3.8) is 0 Å². The molecule has 1 aromatic carbocycles. The van der Waals surface area contributed by atoms with Crippen LogP contribution in [0.2, 0.25) is 0 Å². The second-order valence-electron chi connectivity index (χ2n) is 4.97. The van der Waals surface area contributed by atoms with Gasteiger partial charge >= 0.3 is 0 Å². The summed E-state index contributed by atoms with van der Waals surface area (Å²) in [4.78, 5) is 3.93. The maximum atomic E-state index is 14.2. The van der Waals surface area contributed by atoms with Crippen molar-refractivity contribution >= 4 is 0 Å². The molecule has 1 aromatic heterocycles. The Bertz CT molecular complexity index is 539. The first kappa shape index (κ1) is 11.4. The van der Waals surface area contributed by atoms with Crippen molar-refractivity contribution in [1.29, 1.82) is 0 Å². The lowest BCUT2D eigenvalue weighted by Gasteiger charge is -2.41. The lowest BCUT2D eigenvalue weighted by Crippen LogP contribution is -2.41. The first-order valence-corrected chi connectivity index (χ1v) is 6.24. The van der Waals surface area contributed by atoms with Gasteiger partial charge in [-0.25, -0.2) is 9.37 Å². The van der Waals surface area contributed by atoms with E-state index in [4.69, 9.17) is 5.73 Å². The van der Waals surface area contributed by atoms with Crippen LogP contribution in [0.15, 0.2) is 36.9 Å². The van der Waals surface area contributed by atoms with Crippen LogP contribution in [-0.2, 0) is 5.41 Å². The van der Waals surface area contributed by atoms with Gasteiger partial charge in [-0.1, -0.05) is 12.5 Å². The van der Waals surface area contributed by atoms with E-state index < -0.39 is 0 Å². The van der Waals surface area contributed by atoms with Crippen molar-refractivity contribution in [2.75, 3.05) is 6.54 Å². The molecular weight excluding hydrogens is 229 g/mol. The number of nitrogens with two attached hydrogens (primary N) is 1. The Morgan fingerprint density at radius 1 is 1.39 bits per heavy atom. The Kier molecular flexibility index (Phi) is 2.67. The molecule has 1 heterocycles. The minimum absolute atomic E-state index is 0.00824. The number of rotatable bonds is 3. The SMILES string of the molecule is NCC1(c2ccc(-n3ccnc3)c(F)c2)CCC1. The van der Waals surface area contributed by atoms with E-state index in [-0.39, 0.29) is 11.2 Å². The van der Waals surface area contributed by atoms with Gasteiger partial charge in [-0.2, -0.15) is 0 Å². The summed E-state index contributed by atoms with van der Waals surface area (Å²) in [5, 5.41) is 0. The second kappa shape index (κ2) is 4.21. The maximum absolute atomic E-state index is 14.2. The maximum Gasteiger partial charge on any atom is 0.147 e. The zero-order chi connectivity index (χ0) is 12.6. The molecule has 18 heavy (non-hydrogen) atoms. The van der Waals surface area contributed by atoms with E-state index in [1.54, 1.807) is 29.4 Å². The minimum Gasteiger partial charge on any atom is -0.330 e. The molecule has 0 saturated heterocycles. The molecule has 0 unspecified atom stereocenters. The normalized spacial score (nSPS) is 17.4.